The average molecular weight is 352 g/mol. The quantitative estimate of drug-likeness (QED) is 0.853. The van der Waals surface area contributed by atoms with E-state index in [0.717, 1.165) is 48.6 Å². The Balaban J connectivity index is 1.54. The van der Waals surface area contributed by atoms with E-state index in [2.05, 4.69) is 41.0 Å². The predicted molar refractivity (Wildman–Crippen MR) is 102 cm³/mol. The Morgan fingerprint density at radius 3 is 2.77 bits per heavy atom. The van der Waals surface area contributed by atoms with Gasteiger partial charge >= 0.3 is 0 Å². The fourth-order valence-corrected chi connectivity index (χ4v) is 4.54. The molecule has 4 heterocycles. The van der Waals surface area contributed by atoms with Crippen molar-refractivity contribution in [1.29, 1.82) is 0 Å². The molecule has 0 saturated carbocycles. The highest BCUT2D eigenvalue weighted by Crippen LogP contribution is 2.28. The van der Waals surface area contributed by atoms with Crippen LogP contribution in [-0.2, 0) is 6.54 Å². The van der Waals surface area contributed by atoms with E-state index in [4.69, 9.17) is 0 Å². The number of likely N-dealkylation sites (N-methyl/N-ethyl adjacent to an activating group) is 1. The van der Waals surface area contributed by atoms with Crippen molar-refractivity contribution in [3.8, 4) is 0 Å². The summed E-state index contributed by atoms with van der Waals surface area (Å²) in [5.74, 6) is 0.797. The molecular formula is C21H28N4O. The minimum atomic E-state index is 0.185. The first-order chi connectivity index (χ1) is 12.5. The lowest BCUT2D eigenvalue weighted by atomic mass is 9.94. The summed E-state index contributed by atoms with van der Waals surface area (Å²) < 4.78 is 2.00. The number of nitrogens with zero attached hydrogens (tertiary/aromatic N) is 4. The fourth-order valence-electron chi connectivity index (χ4n) is 4.54. The van der Waals surface area contributed by atoms with Crippen LogP contribution in [0.1, 0.15) is 40.2 Å². The molecule has 1 aromatic carbocycles. The molecule has 0 aliphatic carbocycles. The summed E-state index contributed by atoms with van der Waals surface area (Å²) in [4.78, 5) is 17.7. The lowest BCUT2D eigenvalue weighted by molar-refractivity contribution is 0.0587. The smallest absolute Gasteiger partial charge is 0.254 e. The van der Waals surface area contributed by atoms with E-state index >= 15 is 0 Å². The number of aryl methyl sites for hydroxylation is 2. The standard InChI is InChI=1S/C21H28N4O/c1-15-9-16(2)25(22-15)13-17-5-4-6-19(10-17)21(26)24-12-18-7-8-20(24)14-23(3)11-18/h4-6,9-10,18,20H,7-8,11-14H2,1-3H3/t18-,20+/m1/s1. The first-order valence-corrected chi connectivity index (χ1v) is 9.59. The second-order valence-electron chi connectivity index (χ2n) is 8.06. The second-order valence-corrected chi connectivity index (χ2v) is 8.06. The summed E-state index contributed by atoms with van der Waals surface area (Å²) in [6, 6.07) is 10.5. The van der Waals surface area contributed by atoms with Gasteiger partial charge < -0.3 is 9.80 Å². The molecule has 2 aromatic rings. The first-order valence-electron chi connectivity index (χ1n) is 9.59. The van der Waals surface area contributed by atoms with Crippen molar-refractivity contribution < 1.29 is 4.79 Å². The molecule has 3 saturated heterocycles. The Bertz CT molecular complexity index is 812. The Labute approximate surface area is 155 Å². The molecule has 0 N–H and O–H groups in total. The van der Waals surface area contributed by atoms with Crippen LogP contribution in [0, 0.1) is 19.8 Å². The van der Waals surface area contributed by atoms with Gasteiger partial charge in [-0.3, -0.25) is 9.48 Å². The summed E-state index contributed by atoms with van der Waals surface area (Å²) in [7, 11) is 2.17. The summed E-state index contributed by atoms with van der Waals surface area (Å²) in [5, 5.41) is 4.54. The molecule has 138 valence electrons. The van der Waals surface area contributed by atoms with Crippen LogP contribution in [0.3, 0.4) is 0 Å². The largest absolute Gasteiger partial charge is 0.334 e. The Kier molecular flexibility index (Phi) is 4.57. The van der Waals surface area contributed by atoms with E-state index in [1.165, 1.54) is 6.42 Å². The highest BCUT2D eigenvalue weighted by molar-refractivity contribution is 5.94. The maximum absolute atomic E-state index is 13.2. The maximum Gasteiger partial charge on any atom is 0.254 e. The number of carbonyl (C=O) groups excluding carboxylic acids is 1. The molecule has 5 rings (SSSR count). The Morgan fingerprint density at radius 1 is 1.15 bits per heavy atom. The van der Waals surface area contributed by atoms with Crippen LogP contribution in [-0.4, -0.2) is 58.2 Å². The normalized spacial score (nSPS) is 23.3. The van der Waals surface area contributed by atoms with Crippen LogP contribution in [0.25, 0.3) is 0 Å². The summed E-state index contributed by atoms with van der Waals surface area (Å²) in [5.41, 5.74) is 4.10. The predicted octanol–water partition coefficient (Wildman–Crippen LogP) is 2.71. The molecule has 3 fully saturated rings. The lowest BCUT2D eigenvalue weighted by Gasteiger charge is -2.36. The highest BCUT2D eigenvalue weighted by atomic mass is 16.2. The number of amides is 1. The molecule has 2 bridgehead atoms. The molecular weight excluding hydrogens is 324 g/mol. The summed E-state index contributed by atoms with van der Waals surface area (Å²) in [6.07, 6.45) is 2.38. The zero-order valence-corrected chi connectivity index (χ0v) is 16.0. The van der Waals surface area contributed by atoms with Gasteiger partial charge in [-0.25, -0.2) is 0 Å². The van der Waals surface area contributed by atoms with Gasteiger partial charge in [-0.2, -0.15) is 5.10 Å². The molecule has 1 aromatic heterocycles. The molecule has 26 heavy (non-hydrogen) atoms. The van der Waals surface area contributed by atoms with Crippen molar-refractivity contribution >= 4 is 5.91 Å². The van der Waals surface area contributed by atoms with Crippen molar-refractivity contribution in [3.05, 3.63) is 52.8 Å². The van der Waals surface area contributed by atoms with Crippen molar-refractivity contribution in [2.75, 3.05) is 26.7 Å². The molecule has 3 aliphatic heterocycles. The van der Waals surface area contributed by atoms with Crippen LogP contribution in [0.5, 0.6) is 0 Å². The minimum Gasteiger partial charge on any atom is -0.334 e. The van der Waals surface area contributed by atoms with Gasteiger partial charge in [-0.1, -0.05) is 12.1 Å². The monoisotopic (exact) mass is 352 g/mol. The molecule has 0 unspecified atom stereocenters. The van der Waals surface area contributed by atoms with Gasteiger partial charge in [0.25, 0.3) is 5.91 Å². The average Bonchev–Trinajstić information content (AvgIpc) is 2.76. The molecule has 5 heteroatoms. The molecule has 5 nitrogen and oxygen atoms in total. The summed E-state index contributed by atoms with van der Waals surface area (Å²) in [6.45, 7) is 7.78. The Morgan fingerprint density at radius 2 is 2.00 bits per heavy atom. The van der Waals surface area contributed by atoms with Gasteiger partial charge in [-0.05, 0) is 63.4 Å². The van der Waals surface area contributed by atoms with E-state index in [1.807, 2.05) is 29.8 Å². The van der Waals surface area contributed by atoms with Crippen molar-refractivity contribution in [1.82, 2.24) is 19.6 Å². The van der Waals surface area contributed by atoms with Crippen LogP contribution in [0.15, 0.2) is 30.3 Å². The zero-order chi connectivity index (χ0) is 18.3. The van der Waals surface area contributed by atoms with Crippen molar-refractivity contribution in [2.24, 2.45) is 5.92 Å². The van der Waals surface area contributed by atoms with Gasteiger partial charge in [-0.15, -0.1) is 0 Å². The molecule has 0 radical (unpaired) electrons. The van der Waals surface area contributed by atoms with E-state index in [-0.39, 0.29) is 5.91 Å². The fraction of sp³-hybridized carbons (Fsp3) is 0.524. The number of hydrogen-bond acceptors (Lipinski definition) is 3. The SMILES string of the molecule is Cc1cc(C)n(Cc2cccc(C(=O)N3C[C@@H]4CC[C@H]3CN(C)C4)c2)n1. The van der Waals surface area contributed by atoms with E-state index in [0.29, 0.717) is 18.5 Å². The number of rotatable bonds is 3. The van der Waals surface area contributed by atoms with E-state index in [9.17, 15) is 4.79 Å². The van der Waals surface area contributed by atoms with Crippen LogP contribution in [0.4, 0.5) is 0 Å². The number of piperidine rings is 1. The van der Waals surface area contributed by atoms with Gasteiger partial charge in [0.1, 0.15) is 0 Å². The third-order valence-corrected chi connectivity index (χ3v) is 5.77. The zero-order valence-electron chi connectivity index (χ0n) is 16.0. The lowest BCUT2D eigenvalue weighted by Crippen LogP contribution is -2.47. The number of hydrogen-bond donors (Lipinski definition) is 0. The van der Waals surface area contributed by atoms with Gasteiger partial charge in [0.05, 0.1) is 12.2 Å². The molecule has 3 aliphatic rings. The third kappa shape index (κ3) is 3.40. The van der Waals surface area contributed by atoms with E-state index < -0.39 is 0 Å². The second kappa shape index (κ2) is 6.88. The first kappa shape index (κ1) is 17.3. The topological polar surface area (TPSA) is 41.4 Å². The number of carbonyl (C=O) groups is 1. The molecule has 0 spiro atoms. The Hall–Kier alpha value is -2.14. The molecule has 2 atom stereocenters. The number of fused-ring (bicyclic) bond motifs is 4. The highest BCUT2D eigenvalue weighted by Gasteiger charge is 2.36. The van der Waals surface area contributed by atoms with Crippen LogP contribution in [0.2, 0.25) is 0 Å². The van der Waals surface area contributed by atoms with Crippen molar-refractivity contribution in [2.45, 2.75) is 39.3 Å². The minimum absolute atomic E-state index is 0.185. The molecule has 1 amide bonds. The number of aromatic nitrogens is 2. The van der Waals surface area contributed by atoms with Gasteiger partial charge in [0, 0.05) is 36.9 Å². The van der Waals surface area contributed by atoms with Gasteiger partial charge in [0.2, 0.25) is 0 Å². The summed E-state index contributed by atoms with van der Waals surface area (Å²) >= 11 is 0. The van der Waals surface area contributed by atoms with Gasteiger partial charge in [0.15, 0.2) is 0 Å². The maximum atomic E-state index is 13.2. The van der Waals surface area contributed by atoms with Crippen LogP contribution < -0.4 is 0 Å². The van der Waals surface area contributed by atoms with E-state index in [1.54, 1.807) is 0 Å². The van der Waals surface area contributed by atoms with Crippen molar-refractivity contribution in [3.63, 3.8) is 0 Å². The van der Waals surface area contributed by atoms with Crippen LogP contribution >= 0.6 is 0 Å². The number of benzene rings is 1. The third-order valence-electron chi connectivity index (χ3n) is 5.77.